The van der Waals surface area contributed by atoms with Crippen LogP contribution in [0.4, 0.5) is 0 Å². The minimum Gasteiger partial charge on any atom is -0.465 e. The van der Waals surface area contributed by atoms with Crippen molar-refractivity contribution in [2.24, 2.45) is 0 Å². The van der Waals surface area contributed by atoms with Gasteiger partial charge >= 0.3 is 13.1 Å². The highest BCUT2D eigenvalue weighted by Gasteiger charge is 2.29. The highest BCUT2D eigenvalue weighted by Crippen LogP contribution is 2.16. The van der Waals surface area contributed by atoms with Gasteiger partial charge in [-0.25, -0.2) is 4.79 Å². The largest absolute Gasteiger partial charge is 0.491 e. The van der Waals surface area contributed by atoms with Gasteiger partial charge in [0.25, 0.3) is 0 Å². The number of hydrogen-bond acceptors (Lipinski definition) is 4. The summed E-state index contributed by atoms with van der Waals surface area (Å²) in [6.07, 6.45) is 0. The van der Waals surface area contributed by atoms with Crippen LogP contribution in [0.3, 0.4) is 0 Å². The lowest BCUT2D eigenvalue weighted by Crippen LogP contribution is -2.29. The number of benzene rings is 1. The van der Waals surface area contributed by atoms with Gasteiger partial charge < -0.3 is 14.4 Å². The van der Waals surface area contributed by atoms with Crippen LogP contribution in [-0.4, -0.2) is 25.2 Å². The molecule has 1 N–H and O–H groups in total. The second-order valence-corrected chi connectivity index (χ2v) is 3.52. The first kappa shape index (κ1) is 10.2. The Labute approximate surface area is 88.0 Å². The Kier molecular flexibility index (Phi) is 2.50. The smallest absolute Gasteiger partial charge is 0.465 e. The summed E-state index contributed by atoms with van der Waals surface area (Å²) in [6.45, 7) is 2.22. The van der Waals surface area contributed by atoms with Crippen molar-refractivity contribution in [1.29, 1.82) is 0 Å². The van der Waals surface area contributed by atoms with E-state index < -0.39 is 13.1 Å². The molecule has 1 heterocycles. The summed E-state index contributed by atoms with van der Waals surface area (Å²) in [6, 6.07) is 3.48. The van der Waals surface area contributed by atoms with E-state index in [0.717, 1.165) is 11.1 Å². The summed E-state index contributed by atoms with van der Waals surface area (Å²) >= 11 is 0. The number of esters is 1. The minimum absolute atomic E-state index is 0.388. The van der Waals surface area contributed by atoms with Gasteiger partial charge in [-0.2, -0.15) is 0 Å². The Hall–Kier alpha value is -1.33. The average molecular weight is 206 g/mol. The van der Waals surface area contributed by atoms with Gasteiger partial charge in [-0.05, 0) is 29.6 Å². The normalized spacial score (nSPS) is 13.9. The fourth-order valence-corrected chi connectivity index (χ4v) is 1.73. The van der Waals surface area contributed by atoms with Gasteiger partial charge in [-0.3, -0.25) is 0 Å². The number of carbonyl (C=O) groups is 1. The quantitative estimate of drug-likeness (QED) is 0.519. The van der Waals surface area contributed by atoms with Crippen molar-refractivity contribution in [3.05, 3.63) is 28.8 Å². The fourth-order valence-electron chi connectivity index (χ4n) is 1.73. The van der Waals surface area contributed by atoms with Crippen LogP contribution in [0.5, 0.6) is 0 Å². The van der Waals surface area contributed by atoms with Crippen LogP contribution in [0.1, 0.15) is 21.5 Å². The van der Waals surface area contributed by atoms with Crippen LogP contribution in [0.15, 0.2) is 12.1 Å². The zero-order valence-electron chi connectivity index (χ0n) is 8.61. The maximum absolute atomic E-state index is 11.4. The van der Waals surface area contributed by atoms with Crippen molar-refractivity contribution < 1.29 is 19.2 Å². The van der Waals surface area contributed by atoms with Crippen LogP contribution in [0.25, 0.3) is 0 Å². The van der Waals surface area contributed by atoms with Gasteiger partial charge in [0.2, 0.25) is 0 Å². The molecular weight excluding hydrogens is 195 g/mol. The third-order valence-corrected chi connectivity index (χ3v) is 2.55. The molecule has 0 unspecified atom stereocenters. The van der Waals surface area contributed by atoms with Gasteiger partial charge in [0, 0.05) is 0 Å². The topological polar surface area (TPSA) is 55.8 Å². The van der Waals surface area contributed by atoms with Gasteiger partial charge in [0.15, 0.2) is 0 Å². The third-order valence-electron chi connectivity index (χ3n) is 2.55. The number of rotatable bonds is 1. The molecule has 0 amide bonds. The molecule has 1 aromatic carbocycles. The molecule has 0 saturated carbocycles. The van der Waals surface area contributed by atoms with E-state index >= 15 is 0 Å². The first-order valence-electron chi connectivity index (χ1n) is 4.65. The second kappa shape index (κ2) is 3.68. The molecule has 0 atom stereocenters. The van der Waals surface area contributed by atoms with Crippen molar-refractivity contribution in [3.8, 4) is 0 Å². The van der Waals surface area contributed by atoms with Gasteiger partial charge in [-0.15, -0.1) is 0 Å². The van der Waals surface area contributed by atoms with E-state index in [9.17, 15) is 9.82 Å². The van der Waals surface area contributed by atoms with Crippen molar-refractivity contribution in [3.63, 3.8) is 0 Å². The number of carbonyl (C=O) groups excluding carboxylic acids is 1. The molecule has 0 fully saturated rings. The molecule has 15 heavy (non-hydrogen) atoms. The van der Waals surface area contributed by atoms with Crippen molar-refractivity contribution >= 4 is 18.6 Å². The van der Waals surface area contributed by atoms with Gasteiger partial charge in [-0.1, -0.05) is 6.07 Å². The maximum Gasteiger partial charge on any atom is 0.491 e. The zero-order chi connectivity index (χ0) is 11.0. The van der Waals surface area contributed by atoms with E-state index in [-0.39, 0.29) is 0 Å². The van der Waals surface area contributed by atoms with E-state index in [4.69, 9.17) is 4.65 Å². The van der Waals surface area contributed by atoms with Gasteiger partial charge in [0.05, 0.1) is 19.3 Å². The molecule has 0 spiro atoms. The Morgan fingerprint density at radius 3 is 3.00 bits per heavy atom. The van der Waals surface area contributed by atoms with E-state index in [1.54, 1.807) is 6.07 Å². The molecule has 78 valence electrons. The molecule has 0 bridgehead atoms. The number of aryl methyl sites for hydroxylation is 1. The van der Waals surface area contributed by atoms with E-state index in [1.165, 1.54) is 7.11 Å². The highest BCUT2D eigenvalue weighted by atomic mass is 16.5. The number of fused-ring (bicyclic) bond motifs is 1. The monoisotopic (exact) mass is 206 g/mol. The summed E-state index contributed by atoms with van der Waals surface area (Å²) < 4.78 is 9.70. The summed E-state index contributed by atoms with van der Waals surface area (Å²) in [5.41, 5.74) is 2.88. The SMILES string of the molecule is COC(=O)c1cc2c(cc1C)COB2O. The van der Waals surface area contributed by atoms with Crippen LogP contribution in [0, 0.1) is 6.92 Å². The van der Waals surface area contributed by atoms with E-state index in [1.807, 2.05) is 13.0 Å². The van der Waals surface area contributed by atoms with E-state index in [2.05, 4.69) is 4.74 Å². The summed E-state index contributed by atoms with van der Waals surface area (Å²) in [4.78, 5) is 11.4. The Morgan fingerprint density at radius 2 is 2.33 bits per heavy atom. The standard InChI is InChI=1S/C10H11BO4/c1-6-3-7-5-15-11(13)9(7)4-8(6)10(12)14-2/h3-4,13H,5H2,1-2H3. The Balaban J connectivity index is 2.50. The molecule has 0 aliphatic carbocycles. The Morgan fingerprint density at radius 1 is 1.60 bits per heavy atom. The summed E-state index contributed by atoms with van der Waals surface area (Å²) in [5, 5.41) is 9.48. The van der Waals surface area contributed by atoms with Crippen molar-refractivity contribution in [2.45, 2.75) is 13.5 Å². The molecule has 2 rings (SSSR count). The molecular formula is C10H11BO4. The minimum atomic E-state index is -0.927. The van der Waals surface area contributed by atoms with Crippen LogP contribution < -0.4 is 5.46 Å². The van der Waals surface area contributed by atoms with Crippen LogP contribution in [0.2, 0.25) is 0 Å². The van der Waals surface area contributed by atoms with Crippen LogP contribution >= 0.6 is 0 Å². The molecule has 1 aliphatic heterocycles. The molecule has 0 aromatic heterocycles. The molecule has 1 aromatic rings. The molecule has 4 nitrogen and oxygen atoms in total. The first-order chi connectivity index (χ1) is 7.13. The second-order valence-electron chi connectivity index (χ2n) is 3.52. The van der Waals surface area contributed by atoms with Crippen molar-refractivity contribution in [1.82, 2.24) is 0 Å². The lowest BCUT2D eigenvalue weighted by Gasteiger charge is -2.06. The highest BCUT2D eigenvalue weighted by molar-refractivity contribution is 6.61. The average Bonchev–Trinajstić information content (AvgIpc) is 2.58. The molecule has 1 aliphatic rings. The van der Waals surface area contributed by atoms with Crippen molar-refractivity contribution in [2.75, 3.05) is 7.11 Å². The predicted molar refractivity (Wildman–Crippen MR) is 54.9 cm³/mol. The summed E-state index contributed by atoms with van der Waals surface area (Å²) in [5.74, 6) is -0.394. The summed E-state index contributed by atoms with van der Waals surface area (Å²) in [7, 11) is 0.408. The van der Waals surface area contributed by atoms with Crippen LogP contribution in [-0.2, 0) is 16.0 Å². The fraction of sp³-hybridized carbons (Fsp3) is 0.300. The lowest BCUT2D eigenvalue weighted by atomic mass is 9.78. The first-order valence-corrected chi connectivity index (χ1v) is 4.65. The lowest BCUT2D eigenvalue weighted by molar-refractivity contribution is 0.0600. The number of ether oxygens (including phenoxy) is 1. The molecule has 5 heteroatoms. The molecule has 0 radical (unpaired) electrons. The Bertz CT molecular complexity index is 416. The van der Waals surface area contributed by atoms with E-state index in [0.29, 0.717) is 17.6 Å². The maximum atomic E-state index is 11.4. The zero-order valence-corrected chi connectivity index (χ0v) is 8.61. The predicted octanol–water partition coefficient (Wildman–Crippen LogP) is -0.000680. The molecule has 0 saturated heterocycles. The van der Waals surface area contributed by atoms with Gasteiger partial charge in [0.1, 0.15) is 0 Å². The number of hydrogen-bond donors (Lipinski definition) is 1. The number of methoxy groups -OCH3 is 1. The third kappa shape index (κ3) is 1.64.